The van der Waals surface area contributed by atoms with Crippen LogP contribution in [0.3, 0.4) is 0 Å². The Bertz CT molecular complexity index is 1020. The number of amides is 2. The van der Waals surface area contributed by atoms with Crippen LogP contribution in [0.4, 0.5) is 4.39 Å². The summed E-state index contributed by atoms with van der Waals surface area (Å²) >= 11 is 0. The number of rotatable bonds is 5. The van der Waals surface area contributed by atoms with Crippen LogP contribution in [0, 0.1) is 5.82 Å². The number of fused-ring (bicyclic) bond motifs is 1. The molecule has 26 heavy (non-hydrogen) atoms. The monoisotopic (exact) mass is 354 g/mol. The lowest BCUT2D eigenvalue weighted by atomic mass is 10.2. The number of carbonyl (C=O) groups is 2. The van der Waals surface area contributed by atoms with Crippen molar-refractivity contribution >= 4 is 22.7 Å². The molecule has 3 aromatic rings. The third kappa shape index (κ3) is 3.75. The third-order valence-electron chi connectivity index (χ3n) is 3.68. The topological polar surface area (TPSA) is 104 Å². The van der Waals surface area contributed by atoms with Crippen LogP contribution in [0.15, 0.2) is 53.6 Å². The van der Waals surface area contributed by atoms with Gasteiger partial charge in [-0.25, -0.2) is 4.39 Å². The molecule has 0 saturated carbocycles. The summed E-state index contributed by atoms with van der Waals surface area (Å²) in [4.78, 5) is 42.5. The minimum absolute atomic E-state index is 0.0185. The summed E-state index contributed by atoms with van der Waals surface area (Å²) in [5, 5.41) is 5.36. The number of para-hydroxylation sites is 1. The summed E-state index contributed by atoms with van der Waals surface area (Å²) in [6, 6.07) is 8.49. The molecular formula is C18H15FN4O3. The Kier molecular flexibility index (Phi) is 5.02. The second-order valence-electron chi connectivity index (χ2n) is 5.46. The van der Waals surface area contributed by atoms with Crippen molar-refractivity contribution in [3.05, 3.63) is 76.1 Å². The van der Waals surface area contributed by atoms with Crippen molar-refractivity contribution in [2.24, 2.45) is 0 Å². The maximum absolute atomic E-state index is 13.8. The van der Waals surface area contributed by atoms with Crippen molar-refractivity contribution in [3.8, 4) is 0 Å². The van der Waals surface area contributed by atoms with Gasteiger partial charge in [-0.3, -0.25) is 19.4 Å². The molecule has 0 spiro atoms. The molecule has 2 amide bonds. The summed E-state index contributed by atoms with van der Waals surface area (Å²) in [7, 11) is 0. The van der Waals surface area contributed by atoms with Gasteiger partial charge in [0, 0.05) is 36.9 Å². The number of pyridine rings is 2. The third-order valence-corrected chi connectivity index (χ3v) is 3.68. The number of hydrogen-bond donors (Lipinski definition) is 3. The highest BCUT2D eigenvalue weighted by molar-refractivity contribution is 5.95. The zero-order valence-corrected chi connectivity index (χ0v) is 13.6. The van der Waals surface area contributed by atoms with Crippen LogP contribution in [0.2, 0.25) is 0 Å². The van der Waals surface area contributed by atoms with E-state index in [-0.39, 0.29) is 35.6 Å². The summed E-state index contributed by atoms with van der Waals surface area (Å²) < 4.78 is 13.8. The minimum Gasteiger partial charge on any atom is -0.350 e. The fourth-order valence-corrected chi connectivity index (χ4v) is 2.40. The van der Waals surface area contributed by atoms with Gasteiger partial charge in [0.15, 0.2) is 5.43 Å². The first-order valence-electron chi connectivity index (χ1n) is 7.84. The van der Waals surface area contributed by atoms with Crippen LogP contribution in [0.1, 0.15) is 20.8 Å². The molecule has 2 aromatic heterocycles. The molecule has 0 atom stereocenters. The molecule has 0 aliphatic heterocycles. The fourth-order valence-electron chi connectivity index (χ4n) is 2.40. The van der Waals surface area contributed by atoms with Crippen molar-refractivity contribution in [3.63, 3.8) is 0 Å². The molecule has 2 heterocycles. The highest BCUT2D eigenvalue weighted by Gasteiger charge is 2.11. The van der Waals surface area contributed by atoms with Gasteiger partial charge in [0.05, 0.1) is 11.1 Å². The normalized spacial score (nSPS) is 10.5. The van der Waals surface area contributed by atoms with Gasteiger partial charge in [0.25, 0.3) is 11.8 Å². The van der Waals surface area contributed by atoms with E-state index in [4.69, 9.17) is 0 Å². The van der Waals surface area contributed by atoms with Crippen LogP contribution in [-0.2, 0) is 0 Å². The quantitative estimate of drug-likeness (QED) is 0.599. The maximum Gasteiger partial charge on any atom is 0.267 e. The molecule has 1 aromatic carbocycles. The van der Waals surface area contributed by atoms with E-state index in [0.29, 0.717) is 5.56 Å². The van der Waals surface area contributed by atoms with Gasteiger partial charge in [-0.15, -0.1) is 0 Å². The van der Waals surface area contributed by atoms with Gasteiger partial charge < -0.3 is 15.6 Å². The van der Waals surface area contributed by atoms with Gasteiger partial charge in [-0.05, 0) is 24.3 Å². The molecule has 0 fully saturated rings. The number of halogens is 1. The molecule has 3 rings (SSSR count). The van der Waals surface area contributed by atoms with Crippen LogP contribution in [0.5, 0.6) is 0 Å². The molecule has 0 radical (unpaired) electrons. The molecule has 132 valence electrons. The van der Waals surface area contributed by atoms with Crippen molar-refractivity contribution in [2.45, 2.75) is 0 Å². The van der Waals surface area contributed by atoms with Crippen LogP contribution in [-0.4, -0.2) is 34.9 Å². The van der Waals surface area contributed by atoms with E-state index >= 15 is 0 Å². The van der Waals surface area contributed by atoms with E-state index in [9.17, 15) is 18.8 Å². The number of H-pyrrole nitrogens is 1. The smallest absolute Gasteiger partial charge is 0.267 e. The average Bonchev–Trinajstić information content (AvgIpc) is 2.66. The van der Waals surface area contributed by atoms with Crippen molar-refractivity contribution in [2.75, 3.05) is 13.1 Å². The van der Waals surface area contributed by atoms with Crippen molar-refractivity contribution in [1.29, 1.82) is 0 Å². The lowest BCUT2D eigenvalue weighted by molar-refractivity contribution is 0.0925. The Morgan fingerprint density at radius 1 is 1.08 bits per heavy atom. The predicted molar refractivity (Wildman–Crippen MR) is 93.4 cm³/mol. The van der Waals surface area contributed by atoms with Crippen LogP contribution < -0.4 is 16.1 Å². The largest absolute Gasteiger partial charge is 0.350 e. The highest BCUT2D eigenvalue weighted by atomic mass is 19.1. The SMILES string of the molecule is O=C(NCCNC(=O)c1cc(=O)c2cccc(F)c2[nH]1)c1cccnc1. The Labute approximate surface area is 147 Å². The Morgan fingerprint density at radius 3 is 2.58 bits per heavy atom. The molecule has 7 nitrogen and oxygen atoms in total. The first kappa shape index (κ1) is 17.3. The number of hydrogen-bond acceptors (Lipinski definition) is 4. The first-order valence-corrected chi connectivity index (χ1v) is 7.84. The second-order valence-corrected chi connectivity index (χ2v) is 5.46. The lowest BCUT2D eigenvalue weighted by Crippen LogP contribution is -2.35. The number of aromatic nitrogens is 2. The number of benzene rings is 1. The zero-order valence-electron chi connectivity index (χ0n) is 13.6. The van der Waals surface area contributed by atoms with Gasteiger partial charge in [0.2, 0.25) is 0 Å². The molecule has 8 heteroatoms. The number of nitrogens with zero attached hydrogens (tertiary/aromatic N) is 1. The molecule has 0 unspecified atom stereocenters. The van der Waals surface area contributed by atoms with Gasteiger partial charge in [0.1, 0.15) is 11.5 Å². The summed E-state index contributed by atoms with van der Waals surface area (Å²) in [5.41, 5.74) is -0.109. The predicted octanol–water partition coefficient (Wildman–Crippen LogP) is 1.22. The van der Waals surface area contributed by atoms with E-state index in [1.54, 1.807) is 18.3 Å². The van der Waals surface area contributed by atoms with E-state index in [1.165, 1.54) is 24.4 Å². The minimum atomic E-state index is -0.613. The number of nitrogens with one attached hydrogen (secondary N) is 3. The molecular weight excluding hydrogens is 339 g/mol. The highest BCUT2D eigenvalue weighted by Crippen LogP contribution is 2.12. The van der Waals surface area contributed by atoms with Crippen molar-refractivity contribution in [1.82, 2.24) is 20.6 Å². The van der Waals surface area contributed by atoms with Crippen LogP contribution in [0.25, 0.3) is 10.9 Å². The van der Waals surface area contributed by atoms with Crippen molar-refractivity contribution < 1.29 is 14.0 Å². The number of carbonyl (C=O) groups excluding carboxylic acids is 2. The standard InChI is InChI=1S/C18H15FN4O3/c19-13-5-1-4-12-15(24)9-14(23-16(12)13)18(26)22-8-7-21-17(25)11-3-2-6-20-10-11/h1-6,9-10H,7-8H2,(H,21,25)(H,22,26)(H,23,24). The van der Waals surface area contributed by atoms with E-state index < -0.39 is 17.2 Å². The van der Waals surface area contributed by atoms with Gasteiger partial charge >= 0.3 is 0 Å². The summed E-state index contributed by atoms with van der Waals surface area (Å²) in [6.07, 6.45) is 2.99. The lowest BCUT2D eigenvalue weighted by Gasteiger charge is -2.08. The average molecular weight is 354 g/mol. The number of aromatic amines is 1. The molecule has 0 aliphatic carbocycles. The maximum atomic E-state index is 13.8. The molecule has 3 N–H and O–H groups in total. The Morgan fingerprint density at radius 2 is 1.85 bits per heavy atom. The fraction of sp³-hybridized carbons (Fsp3) is 0.111. The zero-order chi connectivity index (χ0) is 18.5. The molecule has 0 bridgehead atoms. The van der Waals surface area contributed by atoms with E-state index in [0.717, 1.165) is 6.07 Å². The van der Waals surface area contributed by atoms with E-state index in [2.05, 4.69) is 20.6 Å². The molecule has 0 saturated heterocycles. The Balaban J connectivity index is 1.60. The van der Waals surface area contributed by atoms with Gasteiger partial charge in [-0.2, -0.15) is 0 Å². The van der Waals surface area contributed by atoms with Gasteiger partial charge in [-0.1, -0.05) is 6.07 Å². The summed E-state index contributed by atoms with van der Waals surface area (Å²) in [6.45, 7) is 0.327. The van der Waals surface area contributed by atoms with E-state index in [1.807, 2.05) is 0 Å². The summed E-state index contributed by atoms with van der Waals surface area (Å²) in [5.74, 6) is -1.49. The molecule has 0 aliphatic rings. The second kappa shape index (κ2) is 7.56. The first-order chi connectivity index (χ1) is 12.6. The Hall–Kier alpha value is -3.55. The van der Waals surface area contributed by atoms with Crippen LogP contribution >= 0.6 is 0 Å².